The molecule has 1 aromatic heterocycles. The fourth-order valence-electron chi connectivity index (χ4n) is 3.79. The summed E-state index contributed by atoms with van der Waals surface area (Å²) in [6.07, 6.45) is 11.9. The van der Waals surface area contributed by atoms with Crippen molar-refractivity contribution in [3.8, 4) is 0 Å². The predicted molar refractivity (Wildman–Crippen MR) is 119 cm³/mol. The summed E-state index contributed by atoms with van der Waals surface area (Å²) < 4.78 is 2.20. The van der Waals surface area contributed by atoms with Gasteiger partial charge >= 0.3 is 0 Å². The topological polar surface area (TPSA) is 71.4 Å². The maximum Gasteiger partial charge on any atom is 0.294 e. The quantitative estimate of drug-likeness (QED) is 0.634. The molecule has 8 heteroatoms. The van der Waals surface area contributed by atoms with Crippen LogP contribution in [-0.4, -0.2) is 33.1 Å². The highest BCUT2D eigenvalue weighted by atomic mass is 35.5. The number of imide groups is 1. The molecule has 0 radical (unpaired) electrons. The van der Waals surface area contributed by atoms with Crippen LogP contribution in [0.3, 0.4) is 0 Å². The van der Waals surface area contributed by atoms with Crippen LogP contribution in [0, 0.1) is 0 Å². The molecule has 1 aliphatic heterocycles. The highest BCUT2D eigenvalue weighted by Crippen LogP contribution is 2.33. The maximum atomic E-state index is 12.7. The molecule has 0 bridgehead atoms. The first-order chi connectivity index (χ1) is 14.5. The van der Waals surface area contributed by atoms with E-state index in [-0.39, 0.29) is 6.54 Å². The zero-order chi connectivity index (χ0) is 21.1. The zero-order valence-electron chi connectivity index (χ0n) is 16.3. The van der Waals surface area contributed by atoms with Gasteiger partial charge in [0.15, 0.2) is 0 Å². The molecule has 0 unspecified atom stereocenters. The summed E-state index contributed by atoms with van der Waals surface area (Å²) in [6, 6.07) is 9.08. The maximum absolute atomic E-state index is 12.7. The van der Waals surface area contributed by atoms with Crippen LogP contribution in [0.25, 0.3) is 6.08 Å². The molecule has 2 fully saturated rings. The number of hydrogen-bond acceptors (Lipinski definition) is 4. The van der Waals surface area contributed by atoms with E-state index in [1.807, 2.05) is 18.5 Å². The summed E-state index contributed by atoms with van der Waals surface area (Å²) in [5.74, 6) is -0.883. The lowest BCUT2D eigenvalue weighted by molar-refractivity contribution is -0.127. The molecular formula is C22H22ClN3O3S. The Morgan fingerprint density at radius 1 is 1.13 bits per heavy atom. The Bertz CT molecular complexity index is 993. The predicted octanol–water partition coefficient (Wildman–Crippen LogP) is 5.32. The molecule has 1 aliphatic carbocycles. The van der Waals surface area contributed by atoms with Gasteiger partial charge in [-0.15, -0.1) is 0 Å². The number of carbonyl (C=O) groups excluding carboxylic acids is 3. The molecular weight excluding hydrogens is 422 g/mol. The smallest absolute Gasteiger partial charge is 0.294 e. The summed E-state index contributed by atoms with van der Waals surface area (Å²) in [4.78, 5) is 38.5. The number of rotatable bonds is 5. The van der Waals surface area contributed by atoms with Crippen LogP contribution in [0.1, 0.15) is 43.7 Å². The number of amides is 3. The van der Waals surface area contributed by atoms with Gasteiger partial charge in [0.2, 0.25) is 5.91 Å². The number of halogens is 1. The molecule has 2 heterocycles. The van der Waals surface area contributed by atoms with Gasteiger partial charge in [-0.25, -0.2) is 0 Å². The number of carbonyl (C=O) groups is 3. The molecule has 1 N–H and O–H groups in total. The van der Waals surface area contributed by atoms with E-state index in [0.29, 0.717) is 21.7 Å². The molecule has 2 aliphatic rings. The second-order valence-electron chi connectivity index (χ2n) is 7.51. The van der Waals surface area contributed by atoms with Gasteiger partial charge in [-0.2, -0.15) is 0 Å². The molecule has 3 amide bonds. The van der Waals surface area contributed by atoms with Crippen LogP contribution >= 0.6 is 23.4 Å². The largest absolute Gasteiger partial charge is 0.351 e. The van der Waals surface area contributed by atoms with Crippen molar-refractivity contribution in [2.75, 3.05) is 11.9 Å². The van der Waals surface area contributed by atoms with Crippen LogP contribution < -0.4 is 5.32 Å². The highest BCUT2D eigenvalue weighted by Gasteiger charge is 2.36. The minimum Gasteiger partial charge on any atom is -0.351 e. The van der Waals surface area contributed by atoms with Crippen LogP contribution in [0.5, 0.6) is 0 Å². The highest BCUT2D eigenvalue weighted by molar-refractivity contribution is 8.18. The number of aromatic nitrogens is 1. The molecule has 156 valence electrons. The average Bonchev–Trinajstić information content (AvgIpc) is 3.31. The van der Waals surface area contributed by atoms with Crippen LogP contribution in [0.4, 0.5) is 10.5 Å². The number of thioether (sulfide) groups is 1. The van der Waals surface area contributed by atoms with Gasteiger partial charge in [0, 0.05) is 29.1 Å². The summed E-state index contributed by atoms with van der Waals surface area (Å²) >= 11 is 6.69. The molecule has 0 spiro atoms. The van der Waals surface area contributed by atoms with Gasteiger partial charge in [-0.05, 0) is 66.6 Å². The Morgan fingerprint density at radius 2 is 1.87 bits per heavy atom. The van der Waals surface area contributed by atoms with Gasteiger partial charge in [0.25, 0.3) is 11.1 Å². The number of anilines is 1. The normalized spacial score (nSPS) is 19.0. The fraction of sp³-hybridized carbons (Fsp3) is 0.318. The molecule has 6 nitrogen and oxygen atoms in total. The number of nitrogens with zero attached hydrogens (tertiary/aromatic N) is 2. The monoisotopic (exact) mass is 443 g/mol. The van der Waals surface area contributed by atoms with E-state index in [1.165, 1.54) is 32.1 Å². The van der Waals surface area contributed by atoms with Crippen LogP contribution in [0.15, 0.2) is 47.6 Å². The van der Waals surface area contributed by atoms with Crippen molar-refractivity contribution < 1.29 is 14.4 Å². The molecule has 2 aromatic rings. The number of nitrogens with one attached hydrogen (secondary N) is 1. The van der Waals surface area contributed by atoms with E-state index in [4.69, 9.17) is 11.6 Å². The van der Waals surface area contributed by atoms with Crippen LogP contribution in [0.2, 0.25) is 5.02 Å². The van der Waals surface area contributed by atoms with Crippen molar-refractivity contribution in [3.05, 3.63) is 58.2 Å². The van der Waals surface area contributed by atoms with E-state index < -0.39 is 17.1 Å². The Kier molecular flexibility index (Phi) is 6.29. The Balaban J connectivity index is 1.40. The van der Waals surface area contributed by atoms with E-state index >= 15 is 0 Å². The standard InChI is InChI=1S/C22H22ClN3O3S/c23-16-6-8-17(9-7-16)24-20(27)14-26-21(28)19(30-22(26)29)12-15-10-11-25(13-15)18-4-2-1-3-5-18/h6-13,18H,1-5,14H2,(H,24,27)/b19-12+. The zero-order valence-corrected chi connectivity index (χ0v) is 17.9. The van der Waals surface area contributed by atoms with Gasteiger partial charge < -0.3 is 9.88 Å². The number of benzene rings is 1. The van der Waals surface area contributed by atoms with Crippen molar-refractivity contribution in [1.82, 2.24) is 9.47 Å². The minimum absolute atomic E-state index is 0.326. The second kappa shape index (κ2) is 9.10. The fourth-order valence-corrected chi connectivity index (χ4v) is 4.75. The number of hydrogen-bond donors (Lipinski definition) is 1. The Hall–Kier alpha value is -2.51. The first kappa shape index (κ1) is 20.8. The molecule has 0 atom stereocenters. The van der Waals surface area contributed by atoms with Gasteiger partial charge in [0.1, 0.15) is 6.54 Å². The third kappa shape index (κ3) is 4.79. The first-order valence-corrected chi connectivity index (χ1v) is 11.2. The van der Waals surface area contributed by atoms with E-state index in [9.17, 15) is 14.4 Å². The summed E-state index contributed by atoms with van der Waals surface area (Å²) in [5.41, 5.74) is 1.44. The van der Waals surface area contributed by atoms with E-state index in [0.717, 1.165) is 22.2 Å². The molecule has 1 saturated heterocycles. The van der Waals surface area contributed by atoms with Crippen molar-refractivity contribution in [1.29, 1.82) is 0 Å². The molecule has 30 heavy (non-hydrogen) atoms. The molecule has 1 saturated carbocycles. The van der Waals surface area contributed by atoms with Gasteiger partial charge in [0.05, 0.1) is 4.91 Å². The average molecular weight is 444 g/mol. The van der Waals surface area contributed by atoms with E-state index in [2.05, 4.69) is 9.88 Å². The third-order valence-corrected chi connectivity index (χ3v) is 6.49. The Labute approximate surface area is 184 Å². The van der Waals surface area contributed by atoms with Gasteiger partial charge in [-0.1, -0.05) is 30.9 Å². The van der Waals surface area contributed by atoms with Gasteiger partial charge in [-0.3, -0.25) is 19.3 Å². The van der Waals surface area contributed by atoms with Crippen molar-refractivity contribution in [3.63, 3.8) is 0 Å². The van der Waals surface area contributed by atoms with Crippen molar-refractivity contribution >= 4 is 52.2 Å². The SMILES string of the molecule is O=C(CN1C(=O)S/C(=C/c2ccn(C3CCCCC3)c2)C1=O)Nc1ccc(Cl)cc1. The minimum atomic E-state index is -0.443. The lowest BCUT2D eigenvalue weighted by Crippen LogP contribution is -2.36. The molecule has 4 rings (SSSR count). The first-order valence-electron chi connectivity index (χ1n) is 9.98. The summed E-state index contributed by atoms with van der Waals surface area (Å²) in [6.45, 7) is -0.326. The van der Waals surface area contributed by atoms with Crippen molar-refractivity contribution in [2.24, 2.45) is 0 Å². The third-order valence-electron chi connectivity index (χ3n) is 5.33. The second-order valence-corrected chi connectivity index (χ2v) is 8.94. The Morgan fingerprint density at radius 3 is 2.60 bits per heavy atom. The van der Waals surface area contributed by atoms with Crippen LogP contribution in [-0.2, 0) is 9.59 Å². The lowest BCUT2D eigenvalue weighted by Gasteiger charge is -2.23. The molecule has 1 aromatic carbocycles. The van der Waals surface area contributed by atoms with E-state index in [1.54, 1.807) is 30.3 Å². The summed E-state index contributed by atoms with van der Waals surface area (Å²) in [7, 11) is 0. The van der Waals surface area contributed by atoms with Crippen molar-refractivity contribution in [2.45, 2.75) is 38.1 Å². The summed E-state index contributed by atoms with van der Waals surface area (Å²) in [5, 5.41) is 2.78. The lowest BCUT2D eigenvalue weighted by atomic mass is 9.95.